The van der Waals surface area contributed by atoms with Crippen LogP contribution in [-0.2, 0) is 13.1 Å². The summed E-state index contributed by atoms with van der Waals surface area (Å²) in [7, 11) is 0. The standard InChI is InChI=1S/C13H19N5O/c1-3-18-12(5-8-15-18)13(19)14-7-4-9-17-10-6-11(2)16-17/h5-6,8,10H,3-4,7,9H2,1-2H3,(H,14,19). The maximum Gasteiger partial charge on any atom is 0.269 e. The molecular weight excluding hydrogens is 242 g/mol. The van der Waals surface area contributed by atoms with E-state index in [1.165, 1.54) is 0 Å². The van der Waals surface area contributed by atoms with Gasteiger partial charge in [0.15, 0.2) is 0 Å². The highest BCUT2D eigenvalue weighted by atomic mass is 16.2. The van der Waals surface area contributed by atoms with Gasteiger partial charge in [-0.25, -0.2) is 0 Å². The minimum atomic E-state index is -0.0732. The normalized spacial score (nSPS) is 10.6. The van der Waals surface area contributed by atoms with E-state index in [1.54, 1.807) is 16.9 Å². The van der Waals surface area contributed by atoms with E-state index in [0.29, 0.717) is 18.8 Å². The molecule has 2 heterocycles. The fourth-order valence-corrected chi connectivity index (χ4v) is 1.90. The van der Waals surface area contributed by atoms with E-state index in [9.17, 15) is 4.79 Å². The van der Waals surface area contributed by atoms with Gasteiger partial charge >= 0.3 is 0 Å². The van der Waals surface area contributed by atoms with Crippen molar-refractivity contribution in [1.82, 2.24) is 24.9 Å². The molecule has 102 valence electrons. The Balaban J connectivity index is 1.75. The molecule has 0 spiro atoms. The summed E-state index contributed by atoms with van der Waals surface area (Å²) in [6.07, 6.45) is 4.45. The lowest BCUT2D eigenvalue weighted by Gasteiger charge is -2.06. The van der Waals surface area contributed by atoms with Crippen LogP contribution in [0.25, 0.3) is 0 Å². The Bertz CT molecular complexity index is 543. The number of nitrogens with zero attached hydrogens (tertiary/aromatic N) is 4. The van der Waals surface area contributed by atoms with Crippen LogP contribution in [0.5, 0.6) is 0 Å². The van der Waals surface area contributed by atoms with Crippen LogP contribution in [0.15, 0.2) is 24.5 Å². The smallest absolute Gasteiger partial charge is 0.269 e. The fraction of sp³-hybridized carbons (Fsp3) is 0.462. The molecule has 6 nitrogen and oxygen atoms in total. The lowest BCUT2D eigenvalue weighted by atomic mass is 10.3. The zero-order chi connectivity index (χ0) is 13.7. The molecule has 0 bridgehead atoms. The second kappa shape index (κ2) is 6.17. The molecule has 0 aliphatic heterocycles. The maximum atomic E-state index is 11.9. The molecule has 0 unspecified atom stereocenters. The average molecular weight is 261 g/mol. The third-order valence-electron chi connectivity index (χ3n) is 2.87. The van der Waals surface area contributed by atoms with E-state index in [2.05, 4.69) is 15.5 Å². The van der Waals surface area contributed by atoms with Crippen molar-refractivity contribution < 1.29 is 4.79 Å². The predicted octanol–water partition coefficient (Wildman–Crippen LogP) is 1.23. The van der Waals surface area contributed by atoms with Gasteiger partial charge in [-0.3, -0.25) is 14.2 Å². The van der Waals surface area contributed by atoms with Crippen molar-refractivity contribution >= 4 is 5.91 Å². The third-order valence-corrected chi connectivity index (χ3v) is 2.87. The zero-order valence-electron chi connectivity index (χ0n) is 11.3. The Hall–Kier alpha value is -2.11. The summed E-state index contributed by atoms with van der Waals surface area (Å²) in [5.41, 5.74) is 1.62. The van der Waals surface area contributed by atoms with E-state index in [4.69, 9.17) is 0 Å². The summed E-state index contributed by atoms with van der Waals surface area (Å²) in [4.78, 5) is 11.9. The first-order chi connectivity index (χ1) is 9.20. The van der Waals surface area contributed by atoms with E-state index >= 15 is 0 Å². The molecule has 2 aromatic rings. The number of hydrogen-bond acceptors (Lipinski definition) is 3. The molecule has 0 atom stereocenters. The molecule has 0 aliphatic rings. The molecule has 0 aromatic carbocycles. The first-order valence-electron chi connectivity index (χ1n) is 6.50. The monoisotopic (exact) mass is 261 g/mol. The van der Waals surface area contributed by atoms with Crippen molar-refractivity contribution in [3.8, 4) is 0 Å². The minimum Gasteiger partial charge on any atom is -0.351 e. The third kappa shape index (κ3) is 3.43. The average Bonchev–Trinajstić information content (AvgIpc) is 3.02. The molecule has 19 heavy (non-hydrogen) atoms. The van der Waals surface area contributed by atoms with E-state index in [1.807, 2.05) is 30.8 Å². The van der Waals surface area contributed by atoms with Crippen LogP contribution in [-0.4, -0.2) is 32.0 Å². The van der Waals surface area contributed by atoms with Crippen molar-refractivity contribution in [3.05, 3.63) is 35.9 Å². The van der Waals surface area contributed by atoms with Gasteiger partial charge in [-0.1, -0.05) is 0 Å². The predicted molar refractivity (Wildman–Crippen MR) is 71.8 cm³/mol. The summed E-state index contributed by atoms with van der Waals surface area (Å²) >= 11 is 0. The van der Waals surface area contributed by atoms with Gasteiger partial charge in [-0.2, -0.15) is 10.2 Å². The van der Waals surface area contributed by atoms with Gasteiger partial charge in [-0.15, -0.1) is 0 Å². The second-order valence-electron chi connectivity index (χ2n) is 4.36. The number of nitrogens with one attached hydrogen (secondary N) is 1. The lowest BCUT2D eigenvalue weighted by Crippen LogP contribution is -2.27. The zero-order valence-corrected chi connectivity index (χ0v) is 11.3. The molecule has 1 N–H and O–H groups in total. The number of rotatable bonds is 6. The summed E-state index contributed by atoms with van der Waals surface area (Å²) in [6.45, 7) is 6.06. The van der Waals surface area contributed by atoms with Crippen LogP contribution < -0.4 is 5.32 Å². The van der Waals surface area contributed by atoms with Gasteiger partial charge in [0.1, 0.15) is 5.69 Å². The Morgan fingerprint density at radius 1 is 1.42 bits per heavy atom. The van der Waals surface area contributed by atoms with Crippen molar-refractivity contribution in [2.45, 2.75) is 33.4 Å². The number of carbonyl (C=O) groups excluding carboxylic acids is 1. The van der Waals surface area contributed by atoms with Gasteiger partial charge in [0.05, 0.1) is 5.69 Å². The molecule has 2 aromatic heterocycles. The Morgan fingerprint density at radius 3 is 2.95 bits per heavy atom. The quantitative estimate of drug-likeness (QED) is 0.795. The maximum absolute atomic E-state index is 11.9. The van der Waals surface area contributed by atoms with Crippen molar-refractivity contribution in [3.63, 3.8) is 0 Å². The highest BCUT2D eigenvalue weighted by Crippen LogP contribution is 1.99. The Morgan fingerprint density at radius 2 is 2.26 bits per heavy atom. The van der Waals surface area contributed by atoms with Crippen molar-refractivity contribution in [1.29, 1.82) is 0 Å². The molecule has 0 radical (unpaired) electrons. The highest BCUT2D eigenvalue weighted by molar-refractivity contribution is 5.92. The largest absolute Gasteiger partial charge is 0.351 e. The van der Waals surface area contributed by atoms with Crippen LogP contribution in [0.2, 0.25) is 0 Å². The summed E-state index contributed by atoms with van der Waals surface area (Å²) in [5, 5.41) is 11.3. The summed E-state index contributed by atoms with van der Waals surface area (Å²) < 4.78 is 3.57. The second-order valence-corrected chi connectivity index (χ2v) is 4.36. The van der Waals surface area contributed by atoms with Gasteiger partial charge in [0.25, 0.3) is 5.91 Å². The molecular formula is C13H19N5O. The van der Waals surface area contributed by atoms with E-state index in [-0.39, 0.29) is 5.91 Å². The van der Waals surface area contributed by atoms with Crippen LogP contribution in [0, 0.1) is 6.92 Å². The number of amides is 1. The molecule has 0 saturated heterocycles. The van der Waals surface area contributed by atoms with Gasteiger partial charge in [-0.05, 0) is 32.4 Å². The Kier molecular flexibility index (Phi) is 4.33. The number of carbonyl (C=O) groups is 1. The van der Waals surface area contributed by atoms with Crippen LogP contribution in [0.4, 0.5) is 0 Å². The SMILES string of the molecule is CCn1nccc1C(=O)NCCCn1ccc(C)n1. The lowest BCUT2D eigenvalue weighted by molar-refractivity contribution is 0.0942. The van der Waals surface area contributed by atoms with E-state index in [0.717, 1.165) is 18.7 Å². The Labute approximate surface area is 112 Å². The topological polar surface area (TPSA) is 64.7 Å². The summed E-state index contributed by atoms with van der Waals surface area (Å²) in [5.74, 6) is -0.0732. The van der Waals surface area contributed by atoms with Gasteiger partial charge in [0.2, 0.25) is 0 Å². The van der Waals surface area contributed by atoms with E-state index < -0.39 is 0 Å². The number of aromatic nitrogens is 4. The highest BCUT2D eigenvalue weighted by Gasteiger charge is 2.09. The first-order valence-corrected chi connectivity index (χ1v) is 6.50. The fourth-order valence-electron chi connectivity index (χ4n) is 1.90. The number of aryl methyl sites for hydroxylation is 3. The molecule has 1 amide bonds. The molecule has 0 aliphatic carbocycles. The first kappa shape index (κ1) is 13.3. The minimum absolute atomic E-state index is 0.0732. The van der Waals surface area contributed by atoms with Crippen LogP contribution in [0.1, 0.15) is 29.5 Å². The van der Waals surface area contributed by atoms with Crippen molar-refractivity contribution in [2.75, 3.05) is 6.54 Å². The summed E-state index contributed by atoms with van der Waals surface area (Å²) in [6, 6.07) is 3.70. The van der Waals surface area contributed by atoms with Crippen LogP contribution in [0.3, 0.4) is 0 Å². The molecule has 0 fully saturated rings. The molecule has 0 saturated carbocycles. The van der Waals surface area contributed by atoms with Gasteiger partial charge in [0, 0.05) is 32.0 Å². The molecule has 2 rings (SSSR count). The van der Waals surface area contributed by atoms with Crippen LogP contribution >= 0.6 is 0 Å². The number of hydrogen-bond donors (Lipinski definition) is 1. The van der Waals surface area contributed by atoms with Crippen molar-refractivity contribution in [2.24, 2.45) is 0 Å². The molecule has 6 heteroatoms. The van der Waals surface area contributed by atoms with Gasteiger partial charge < -0.3 is 5.32 Å².